The molecule has 1 saturated carbocycles. The van der Waals surface area contributed by atoms with Crippen molar-refractivity contribution in [3.05, 3.63) is 0 Å². The molecular formula is C15H29NO2. The third kappa shape index (κ3) is 3.69. The molecule has 3 nitrogen and oxygen atoms in total. The predicted octanol–water partition coefficient (Wildman–Crippen LogP) is 2.14. The number of rotatable bonds is 4. The molecular weight excluding hydrogens is 226 g/mol. The summed E-state index contributed by atoms with van der Waals surface area (Å²) in [4.78, 5) is 2.53. The summed E-state index contributed by atoms with van der Waals surface area (Å²) < 4.78 is 5.24. The van der Waals surface area contributed by atoms with Gasteiger partial charge >= 0.3 is 0 Å². The SMILES string of the molecule is COCC1CCN(CC2CC(C)(C)CCC2O)C1. The van der Waals surface area contributed by atoms with Crippen LogP contribution >= 0.6 is 0 Å². The highest BCUT2D eigenvalue weighted by Crippen LogP contribution is 2.39. The van der Waals surface area contributed by atoms with Crippen LogP contribution < -0.4 is 0 Å². The number of hydrogen-bond donors (Lipinski definition) is 1. The van der Waals surface area contributed by atoms with Crippen molar-refractivity contribution in [3.8, 4) is 0 Å². The maximum absolute atomic E-state index is 10.2. The van der Waals surface area contributed by atoms with Gasteiger partial charge in [-0.05, 0) is 49.5 Å². The van der Waals surface area contributed by atoms with Gasteiger partial charge in [-0.15, -0.1) is 0 Å². The van der Waals surface area contributed by atoms with Crippen LogP contribution in [-0.4, -0.2) is 49.5 Å². The topological polar surface area (TPSA) is 32.7 Å². The smallest absolute Gasteiger partial charge is 0.0581 e. The molecule has 1 aliphatic carbocycles. The van der Waals surface area contributed by atoms with Crippen molar-refractivity contribution < 1.29 is 9.84 Å². The van der Waals surface area contributed by atoms with Gasteiger partial charge in [0.2, 0.25) is 0 Å². The molecule has 0 radical (unpaired) electrons. The molecule has 1 N–H and O–H groups in total. The lowest BCUT2D eigenvalue weighted by atomic mass is 9.71. The van der Waals surface area contributed by atoms with Crippen LogP contribution in [0, 0.1) is 17.3 Å². The van der Waals surface area contributed by atoms with Gasteiger partial charge in [0.05, 0.1) is 12.7 Å². The van der Waals surface area contributed by atoms with E-state index in [4.69, 9.17) is 4.74 Å². The Kier molecular flexibility index (Phi) is 4.68. The largest absolute Gasteiger partial charge is 0.393 e. The number of ether oxygens (including phenoxy) is 1. The van der Waals surface area contributed by atoms with Crippen molar-refractivity contribution in [1.82, 2.24) is 4.90 Å². The molecule has 1 saturated heterocycles. The van der Waals surface area contributed by atoms with Gasteiger partial charge in [0.15, 0.2) is 0 Å². The minimum atomic E-state index is -0.0838. The average molecular weight is 255 g/mol. The summed E-state index contributed by atoms with van der Waals surface area (Å²) >= 11 is 0. The van der Waals surface area contributed by atoms with Crippen LogP contribution in [0.25, 0.3) is 0 Å². The maximum atomic E-state index is 10.2. The molecule has 0 aromatic carbocycles. The lowest BCUT2D eigenvalue weighted by Gasteiger charge is -2.40. The van der Waals surface area contributed by atoms with Crippen molar-refractivity contribution in [2.24, 2.45) is 17.3 Å². The fraction of sp³-hybridized carbons (Fsp3) is 1.00. The lowest BCUT2D eigenvalue weighted by Crippen LogP contribution is -2.40. The van der Waals surface area contributed by atoms with E-state index in [2.05, 4.69) is 18.7 Å². The summed E-state index contributed by atoms with van der Waals surface area (Å²) in [7, 11) is 1.79. The van der Waals surface area contributed by atoms with Gasteiger partial charge in [-0.2, -0.15) is 0 Å². The molecule has 3 heteroatoms. The van der Waals surface area contributed by atoms with Crippen molar-refractivity contribution in [3.63, 3.8) is 0 Å². The summed E-state index contributed by atoms with van der Waals surface area (Å²) in [6, 6.07) is 0. The first-order valence-corrected chi connectivity index (χ1v) is 7.39. The van der Waals surface area contributed by atoms with Crippen LogP contribution in [0.3, 0.4) is 0 Å². The van der Waals surface area contributed by atoms with E-state index in [1.165, 1.54) is 19.4 Å². The van der Waals surface area contributed by atoms with Crippen molar-refractivity contribution in [2.75, 3.05) is 33.4 Å². The van der Waals surface area contributed by atoms with Gasteiger partial charge in [0.25, 0.3) is 0 Å². The first kappa shape index (κ1) is 14.3. The Morgan fingerprint density at radius 3 is 2.83 bits per heavy atom. The zero-order chi connectivity index (χ0) is 13.2. The molecule has 0 amide bonds. The number of hydrogen-bond acceptors (Lipinski definition) is 3. The summed E-state index contributed by atoms with van der Waals surface area (Å²) in [6.45, 7) is 8.96. The number of likely N-dealkylation sites (tertiary alicyclic amines) is 1. The zero-order valence-corrected chi connectivity index (χ0v) is 12.2. The molecule has 0 spiro atoms. The van der Waals surface area contributed by atoms with Crippen molar-refractivity contribution in [1.29, 1.82) is 0 Å². The molecule has 2 fully saturated rings. The first-order valence-electron chi connectivity index (χ1n) is 7.39. The Hall–Kier alpha value is -0.120. The lowest BCUT2D eigenvalue weighted by molar-refractivity contribution is 0.00646. The van der Waals surface area contributed by atoms with Gasteiger partial charge in [-0.25, -0.2) is 0 Å². The van der Waals surface area contributed by atoms with E-state index >= 15 is 0 Å². The van der Waals surface area contributed by atoms with Crippen LogP contribution in [0.15, 0.2) is 0 Å². The Morgan fingerprint density at radius 2 is 2.11 bits per heavy atom. The zero-order valence-electron chi connectivity index (χ0n) is 12.2. The minimum absolute atomic E-state index is 0.0838. The Bertz CT molecular complexity index is 267. The quantitative estimate of drug-likeness (QED) is 0.835. The number of methoxy groups -OCH3 is 1. The van der Waals surface area contributed by atoms with E-state index in [-0.39, 0.29) is 6.10 Å². The van der Waals surface area contributed by atoms with E-state index in [0.717, 1.165) is 32.5 Å². The van der Waals surface area contributed by atoms with Gasteiger partial charge in [0.1, 0.15) is 0 Å². The van der Waals surface area contributed by atoms with Crippen molar-refractivity contribution >= 4 is 0 Å². The van der Waals surface area contributed by atoms with Crippen LogP contribution in [-0.2, 0) is 4.74 Å². The molecule has 0 bridgehead atoms. The number of aliphatic hydroxyl groups excluding tert-OH is 1. The molecule has 3 atom stereocenters. The van der Waals surface area contributed by atoms with Gasteiger partial charge in [-0.3, -0.25) is 0 Å². The van der Waals surface area contributed by atoms with Crippen molar-refractivity contribution in [2.45, 2.75) is 45.6 Å². The van der Waals surface area contributed by atoms with Crippen LogP contribution in [0.5, 0.6) is 0 Å². The third-order valence-electron chi connectivity index (χ3n) is 4.74. The highest BCUT2D eigenvalue weighted by atomic mass is 16.5. The number of nitrogens with zero attached hydrogens (tertiary/aromatic N) is 1. The molecule has 106 valence electrons. The van der Waals surface area contributed by atoms with Crippen LogP contribution in [0.4, 0.5) is 0 Å². The molecule has 3 unspecified atom stereocenters. The number of aliphatic hydroxyl groups is 1. The third-order valence-corrected chi connectivity index (χ3v) is 4.74. The van der Waals surface area contributed by atoms with Crippen LogP contribution in [0.2, 0.25) is 0 Å². The Balaban J connectivity index is 1.82. The summed E-state index contributed by atoms with van der Waals surface area (Å²) in [5.74, 6) is 1.17. The minimum Gasteiger partial charge on any atom is -0.393 e. The van der Waals surface area contributed by atoms with Gasteiger partial charge in [-0.1, -0.05) is 13.8 Å². The second-order valence-electron chi connectivity index (χ2n) is 7.10. The predicted molar refractivity (Wildman–Crippen MR) is 73.6 cm³/mol. The fourth-order valence-electron chi connectivity index (χ4n) is 3.69. The van der Waals surface area contributed by atoms with Gasteiger partial charge < -0.3 is 14.7 Å². The molecule has 18 heavy (non-hydrogen) atoms. The molecule has 0 aromatic heterocycles. The second-order valence-corrected chi connectivity index (χ2v) is 7.10. The van der Waals surface area contributed by atoms with E-state index in [0.29, 0.717) is 17.3 Å². The van der Waals surface area contributed by atoms with E-state index < -0.39 is 0 Å². The second kappa shape index (κ2) is 5.89. The Labute approximate surface area is 112 Å². The monoisotopic (exact) mass is 255 g/mol. The fourth-order valence-corrected chi connectivity index (χ4v) is 3.69. The van der Waals surface area contributed by atoms with Gasteiger partial charge in [0, 0.05) is 20.2 Å². The van der Waals surface area contributed by atoms with E-state index in [1.807, 2.05) is 0 Å². The molecule has 1 heterocycles. The molecule has 2 aliphatic rings. The molecule has 2 rings (SSSR count). The molecule has 0 aromatic rings. The first-order chi connectivity index (χ1) is 8.50. The average Bonchev–Trinajstić information content (AvgIpc) is 2.72. The van der Waals surface area contributed by atoms with E-state index in [1.54, 1.807) is 7.11 Å². The highest BCUT2D eigenvalue weighted by molar-refractivity contribution is 4.88. The normalized spacial score (nSPS) is 37.0. The highest BCUT2D eigenvalue weighted by Gasteiger charge is 2.35. The standard InChI is InChI=1S/C15H29NO2/c1-15(2)6-4-14(17)13(8-15)10-16-7-5-12(9-16)11-18-3/h12-14,17H,4-11H2,1-3H3. The molecule has 1 aliphatic heterocycles. The van der Waals surface area contributed by atoms with Crippen LogP contribution in [0.1, 0.15) is 39.5 Å². The summed E-state index contributed by atoms with van der Waals surface area (Å²) in [5.41, 5.74) is 0.412. The summed E-state index contributed by atoms with van der Waals surface area (Å²) in [6.07, 6.45) is 4.48. The van der Waals surface area contributed by atoms with E-state index in [9.17, 15) is 5.11 Å². The maximum Gasteiger partial charge on any atom is 0.0581 e. The summed E-state index contributed by atoms with van der Waals surface area (Å²) in [5, 5.41) is 10.2. The Morgan fingerprint density at radius 1 is 1.33 bits per heavy atom.